The summed E-state index contributed by atoms with van der Waals surface area (Å²) in [5, 5.41) is 2.66. The Kier molecular flexibility index (Phi) is 9.95. The quantitative estimate of drug-likeness (QED) is 0.147. The molecule has 0 saturated carbocycles. The van der Waals surface area contributed by atoms with E-state index in [0.717, 1.165) is 29.0 Å². The maximum atomic E-state index is 2.44. The Morgan fingerprint density at radius 2 is 0.925 bits per heavy atom. The van der Waals surface area contributed by atoms with Gasteiger partial charge in [0.05, 0.1) is 5.69 Å². The number of para-hydroxylation sites is 1. The number of rotatable bonds is 8. The van der Waals surface area contributed by atoms with Crippen molar-refractivity contribution in [3.8, 4) is 66.8 Å². The van der Waals surface area contributed by atoms with Crippen LogP contribution < -0.4 is 4.90 Å². The zero-order chi connectivity index (χ0) is 45.1. The first-order valence-corrected chi connectivity index (χ1v) is 23.7. The molecular weight excluding hydrogens is 807 g/mol. The molecule has 12 rings (SSSR count). The Bertz CT molecular complexity index is 3520. The number of fused-ring (bicyclic) bond motifs is 6. The minimum absolute atomic E-state index is 0.0617. The minimum atomic E-state index is -0.0617. The molecule has 0 fully saturated rings. The van der Waals surface area contributed by atoms with Crippen LogP contribution in [0.5, 0.6) is 0 Å². The molecule has 0 aliphatic heterocycles. The lowest BCUT2D eigenvalue weighted by atomic mass is 9.81. The first kappa shape index (κ1) is 40.5. The van der Waals surface area contributed by atoms with Gasteiger partial charge in [-0.3, -0.25) is 0 Å². The largest absolute Gasteiger partial charge is 0.310 e. The summed E-state index contributed by atoms with van der Waals surface area (Å²) in [5.41, 5.74) is 23.6. The van der Waals surface area contributed by atoms with E-state index in [4.69, 9.17) is 0 Å². The number of nitrogens with zero attached hydrogens (tertiary/aromatic N) is 1. The van der Waals surface area contributed by atoms with E-state index in [1.165, 1.54) is 94.2 Å². The van der Waals surface area contributed by atoms with Gasteiger partial charge in [0.25, 0.3) is 0 Å². The summed E-state index contributed by atoms with van der Waals surface area (Å²) in [6.07, 6.45) is 5.71. The van der Waals surface area contributed by atoms with Crippen molar-refractivity contribution in [2.24, 2.45) is 5.92 Å². The predicted octanol–water partition coefficient (Wildman–Crippen LogP) is 18.2. The molecule has 10 aromatic rings. The van der Waals surface area contributed by atoms with Crippen molar-refractivity contribution in [2.75, 3.05) is 4.90 Å². The smallest absolute Gasteiger partial charge is 0.0540 e. The zero-order valence-corrected chi connectivity index (χ0v) is 38.2. The second kappa shape index (κ2) is 16.5. The Balaban J connectivity index is 0.985. The highest BCUT2D eigenvalue weighted by molar-refractivity contribution is 6.01. The highest BCUT2D eigenvalue weighted by Crippen LogP contribution is 2.50. The summed E-state index contributed by atoms with van der Waals surface area (Å²) in [6, 6.07) is 83.1. The van der Waals surface area contributed by atoms with E-state index < -0.39 is 0 Å². The topological polar surface area (TPSA) is 3.24 Å². The number of allylic oxidation sites excluding steroid dienone is 1. The molecule has 1 unspecified atom stereocenters. The first-order chi connectivity index (χ1) is 32.9. The molecule has 1 atom stereocenters. The van der Waals surface area contributed by atoms with Crippen molar-refractivity contribution in [2.45, 2.75) is 32.6 Å². The van der Waals surface area contributed by atoms with Crippen molar-refractivity contribution in [3.63, 3.8) is 0 Å². The van der Waals surface area contributed by atoms with Crippen LogP contribution in [0.2, 0.25) is 0 Å². The van der Waals surface area contributed by atoms with Gasteiger partial charge in [0.1, 0.15) is 0 Å². The van der Waals surface area contributed by atoms with Crippen LogP contribution in [-0.2, 0) is 11.8 Å². The van der Waals surface area contributed by atoms with Crippen LogP contribution in [0.3, 0.4) is 0 Å². The summed E-state index contributed by atoms with van der Waals surface area (Å²) in [5.74, 6) is 0.535. The Labute approximate surface area is 395 Å². The average molecular weight is 858 g/mol. The monoisotopic (exact) mass is 857 g/mol. The van der Waals surface area contributed by atoms with Gasteiger partial charge in [-0.2, -0.15) is 0 Å². The standard InChI is InChI=1S/C66H51N/c1-44-28-29-48-34-40-58-53(24-15-25-57(58)62(48)42-44)47-32-38-51(39-33-47)67(50-36-30-45(31-37-50)49-35-41-60-59-22-11-13-26-63(59)66(2,3)64(60)43-49)65-27-14-12-23-61(65)56-21-10-9-20-55(56)54-19-8-7-18-52(54)46-16-5-4-6-17-46/h4-41,43-44H,42H2,1-3H3. The first-order valence-electron chi connectivity index (χ1n) is 23.7. The molecule has 0 N–H and O–H groups in total. The molecule has 0 bridgehead atoms. The van der Waals surface area contributed by atoms with Crippen LogP contribution in [0.15, 0.2) is 231 Å². The van der Waals surface area contributed by atoms with Crippen LogP contribution >= 0.6 is 0 Å². The van der Waals surface area contributed by atoms with Crippen LogP contribution in [0.25, 0.3) is 83.6 Å². The van der Waals surface area contributed by atoms with Gasteiger partial charge in [-0.05, 0) is 143 Å². The molecule has 67 heavy (non-hydrogen) atoms. The predicted molar refractivity (Wildman–Crippen MR) is 285 cm³/mol. The lowest BCUT2D eigenvalue weighted by Crippen LogP contribution is -2.14. The third-order valence-electron chi connectivity index (χ3n) is 14.5. The van der Waals surface area contributed by atoms with Gasteiger partial charge in [-0.15, -0.1) is 0 Å². The Morgan fingerprint density at radius 1 is 0.388 bits per heavy atom. The van der Waals surface area contributed by atoms with Crippen molar-refractivity contribution in [1.82, 2.24) is 0 Å². The van der Waals surface area contributed by atoms with Gasteiger partial charge < -0.3 is 4.90 Å². The fourth-order valence-electron chi connectivity index (χ4n) is 11.1. The molecule has 10 aromatic carbocycles. The molecule has 1 heteroatoms. The molecule has 0 saturated heterocycles. The van der Waals surface area contributed by atoms with Crippen molar-refractivity contribution in [3.05, 3.63) is 253 Å². The van der Waals surface area contributed by atoms with Gasteiger partial charge in [0, 0.05) is 22.4 Å². The van der Waals surface area contributed by atoms with E-state index in [0.29, 0.717) is 5.92 Å². The lowest BCUT2D eigenvalue weighted by molar-refractivity contribution is 0.660. The van der Waals surface area contributed by atoms with E-state index in [1.54, 1.807) is 0 Å². The highest BCUT2D eigenvalue weighted by Gasteiger charge is 2.35. The Morgan fingerprint density at radius 3 is 1.66 bits per heavy atom. The molecule has 0 amide bonds. The van der Waals surface area contributed by atoms with Gasteiger partial charge in [-0.25, -0.2) is 0 Å². The molecule has 2 aliphatic carbocycles. The number of anilines is 3. The summed E-state index contributed by atoms with van der Waals surface area (Å²) < 4.78 is 0. The van der Waals surface area contributed by atoms with Crippen LogP contribution in [0.4, 0.5) is 17.1 Å². The second-order valence-electron chi connectivity index (χ2n) is 18.9. The molecule has 0 radical (unpaired) electrons. The molecular formula is C66H51N. The number of hydrogen-bond acceptors (Lipinski definition) is 1. The van der Waals surface area contributed by atoms with Crippen molar-refractivity contribution >= 4 is 33.9 Å². The summed E-state index contributed by atoms with van der Waals surface area (Å²) in [7, 11) is 0. The maximum Gasteiger partial charge on any atom is 0.0540 e. The molecule has 1 nitrogen and oxygen atoms in total. The molecule has 0 aromatic heterocycles. The average Bonchev–Trinajstić information content (AvgIpc) is 3.62. The fraction of sp³-hybridized carbons (Fsp3) is 0.0909. The molecule has 2 aliphatic rings. The van der Waals surface area contributed by atoms with E-state index in [2.05, 4.69) is 262 Å². The maximum absolute atomic E-state index is 2.44. The van der Waals surface area contributed by atoms with Crippen LogP contribution in [-0.4, -0.2) is 0 Å². The van der Waals surface area contributed by atoms with E-state index in [1.807, 2.05) is 0 Å². The van der Waals surface area contributed by atoms with Gasteiger partial charge in [0.15, 0.2) is 0 Å². The third kappa shape index (κ3) is 7.02. The lowest BCUT2D eigenvalue weighted by Gasteiger charge is -2.29. The van der Waals surface area contributed by atoms with Gasteiger partial charge in [0.2, 0.25) is 0 Å². The normalized spacial score (nSPS) is 14.3. The summed E-state index contributed by atoms with van der Waals surface area (Å²) >= 11 is 0. The van der Waals surface area contributed by atoms with Gasteiger partial charge >= 0.3 is 0 Å². The summed E-state index contributed by atoms with van der Waals surface area (Å²) in [6.45, 7) is 7.02. The number of hydrogen-bond donors (Lipinski definition) is 0. The molecule has 320 valence electrons. The van der Waals surface area contributed by atoms with Gasteiger partial charge in [-0.1, -0.05) is 221 Å². The Hall–Kier alpha value is -8.00. The molecule has 0 heterocycles. The van der Waals surface area contributed by atoms with E-state index in [-0.39, 0.29) is 5.41 Å². The van der Waals surface area contributed by atoms with Crippen molar-refractivity contribution < 1.29 is 0 Å². The fourth-order valence-corrected chi connectivity index (χ4v) is 11.1. The zero-order valence-electron chi connectivity index (χ0n) is 38.2. The SMILES string of the molecule is CC1C=Cc2ccc3c(-c4ccc(N(c5ccc(-c6ccc7c(c6)C(C)(C)c6ccccc6-7)cc5)c5ccccc5-c5ccccc5-c5ccccc5-c5ccccc5)cc4)cccc3c2C1. The minimum Gasteiger partial charge on any atom is -0.310 e. The van der Waals surface area contributed by atoms with Crippen molar-refractivity contribution in [1.29, 1.82) is 0 Å². The summed E-state index contributed by atoms with van der Waals surface area (Å²) in [4.78, 5) is 2.44. The van der Waals surface area contributed by atoms with E-state index >= 15 is 0 Å². The second-order valence-corrected chi connectivity index (χ2v) is 18.9. The highest BCUT2D eigenvalue weighted by atomic mass is 15.1. The van der Waals surface area contributed by atoms with E-state index in [9.17, 15) is 0 Å². The van der Waals surface area contributed by atoms with Crippen LogP contribution in [0.1, 0.15) is 43.0 Å². The van der Waals surface area contributed by atoms with Crippen LogP contribution in [0, 0.1) is 5.92 Å². The molecule has 0 spiro atoms. The number of benzene rings is 10. The third-order valence-corrected chi connectivity index (χ3v) is 14.5.